The highest BCUT2D eigenvalue weighted by Crippen LogP contribution is 2.35. The molecular formula is C9H16N4. The summed E-state index contributed by atoms with van der Waals surface area (Å²) < 4.78 is 1.89. The van der Waals surface area contributed by atoms with Gasteiger partial charge >= 0.3 is 0 Å². The Morgan fingerprint density at radius 2 is 2.46 bits per heavy atom. The average molecular weight is 180 g/mol. The molecular weight excluding hydrogens is 164 g/mol. The van der Waals surface area contributed by atoms with Gasteiger partial charge in [-0.15, -0.1) is 5.10 Å². The number of nitrogens with one attached hydrogen (secondary N) is 1. The van der Waals surface area contributed by atoms with Crippen molar-refractivity contribution in [2.75, 3.05) is 5.32 Å². The lowest BCUT2D eigenvalue weighted by Crippen LogP contribution is -2.10. The minimum atomic E-state index is 0.661. The maximum absolute atomic E-state index is 3.97. The molecule has 0 aromatic carbocycles. The second-order valence-corrected chi connectivity index (χ2v) is 3.59. The van der Waals surface area contributed by atoms with Gasteiger partial charge in [0.05, 0.1) is 6.20 Å². The van der Waals surface area contributed by atoms with Crippen LogP contribution in [0.3, 0.4) is 0 Å². The lowest BCUT2D eigenvalue weighted by molar-refractivity contribution is 0.628. The topological polar surface area (TPSA) is 42.7 Å². The molecule has 0 saturated heterocycles. The van der Waals surface area contributed by atoms with Gasteiger partial charge < -0.3 is 5.32 Å². The molecule has 2 rings (SSSR count). The van der Waals surface area contributed by atoms with Crippen molar-refractivity contribution in [1.82, 2.24) is 15.0 Å². The zero-order valence-corrected chi connectivity index (χ0v) is 8.20. The van der Waals surface area contributed by atoms with E-state index in [0.29, 0.717) is 6.04 Å². The van der Waals surface area contributed by atoms with E-state index in [9.17, 15) is 0 Å². The monoisotopic (exact) mass is 180 g/mol. The molecule has 1 aromatic heterocycles. The van der Waals surface area contributed by atoms with E-state index in [1.54, 1.807) is 6.20 Å². The van der Waals surface area contributed by atoms with Crippen LogP contribution in [0.25, 0.3) is 0 Å². The van der Waals surface area contributed by atoms with E-state index < -0.39 is 0 Å². The second-order valence-electron chi connectivity index (χ2n) is 3.59. The van der Waals surface area contributed by atoms with E-state index in [0.717, 1.165) is 18.3 Å². The smallest absolute Gasteiger partial charge is 0.145 e. The minimum Gasteiger partial charge on any atom is -0.366 e. The summed E-state index contributed by atoms with van der Waals surface area (Å²) in [6, 6.07) is 0.661. The average Bonchev–Trinajstić information content (AvgIpc) is 2.74. The standard InChI is InChI=1S/C9H16N4/c1-3-7-5-8(7)11-9-6-10-12-13(9)4-2/h6-8,11H,3-5H2,1-2H3. The normalized spacial score (nSPS) is 26.0. The quantitative estimate of drug-likeness (QED) is 0.763. The number of aromatic nitrogens is 3. The lowest BCUT2D eigenvalue weighted by atomic mass is 10.3. The molecule has 13 heavy (non-hydrogen) atoms. The summed E-state index contributed by atoms with van der Waals surface area (Å²) in [5.41, 5.74) is 0. The first-order valence-corrected chi connectivity index (χ1v) is 5.00. The Labute approximate surface area is 78.3 Å². The van der Waals surface area contributed by atoms with Gasteiger partial charge in [-0.05, 0) is 19.3 Å². The lowest BCUT2D eigenvalue weighted by Gasteiger charge is -2.05. The molecule has 1 fully saturated rings. The van der Waals surface area contributed by atoms with E-state index in [2.05, 4.69) is 29.5 Å². The number of rotatable bonds is 4. The van der Waals surface area contributed by atoms with Crippen LogP contribution >= 0.6 is 0 Å². The number of aryl methyl sites for hydroxylation is 1. The number of nitrogens with zero attached hydrogens (tertiary/aromatic N) is 3. The third kappa shape index (κ3) is 1.66. The first-order valence-electron chi connectivity index (χ1n) is 5.00. The number of hydrogen-bond donors (Lipinski definition) is 1. The first-order chi connectivity index (χ1) is 6.35. The Kier molecular flexibility index (Phi) is 2.20. The molecule has 1 aliphatic carbocycles. The Balaban J connectivity index is 1.95. The summed E-state index contributed by atoms with van der Waals surface area (Å²) in [7, 11) is 0. The molecule has 0 amide bonds. The van der Waals surface area contributed by atoms with Crippen molar-refractivity contribution in [3.8, 4) is 0 Å². The van der Waals surface area contributed by atoms with Crippen LogP contribution in [0.15, 0.2) is 6.20 Å². The fourth-order valence-electron chi connectivity index (χ4n) is 1.67. The molecule has 1 aromatic rings. The SMILES string of the molecule is CCC1CC1Nc1cnnn1CC. The van der Waals surface area contributed by atoms with Gasteiger partial charge in [0.1, 0.15) is 5.82 Å². The Morgan fingerprint density at radius 1 is 1.62 bits per heavy atom. The van der Waals surface area contributed by atoms with Gasteiger partial charge in [-0.25, -0.2) is 4.68 Å². The van der Waals surface area contributed by atoms with Gasteiger partial charge in [0.2, 0.25) is 0 Å². The predicted octanol–water partition coefficient (Wildman–Crippen LogP) is 1.51. The van der Waals surface area contributed by atoms with E-state index in [4.69, 9.17) is 0 Å². The highest BCUT2D eigenvalue weighted by Gasteiger charge is 2.35. The highest BCUT2D eigenvalue weighted by atomic mass is 15.5. The highest BCUT2D eigenvalue weighted by molar-refractivity contribution is 5.35. The van der Waals surface area contributed by atoms with Crippen LogP contribution in [-0.2, 0) is 6.54 Å². The van der Waals surface area contributed by atoms with Gasteiger partial charge in [-0.1, -0.05) is 18.6 Å². The minimum absolute atomic E-state index is 0.661. The van der Waals surface area contributed by atoms with Gasteiger partial charge in [0, 0.05) is 12.6 Å². The Hall–Kier alpha value is -1.06. The Bertz CT molecular complexity index is 281. The summed E-state index contributed by atoms with van der Waals surface area (Å²) in [6.07, 6.45) is 4.37. The zero-order valence-electron chi connectivity index (χ0n) is 8.20. The van der Waals surface area contributed by atoms with Gasteiger partial charge in [-0.2, -0.15) is 0 Å². The molecule has 4 heteroatoms. The third-order valence-electron chi connectivity index (χ3n) is 2.70. The van der Waals surface area contributed by atoms with Crippen LogP contribution in [-0.4, -0.2) is 21.0 Å². The van der Waals surface area contributed by atoms with Crippen molar-refractivity contribution in [2.24, 2.45) is 5.92 Å². The molecule has 0 radical (unpaired) electrons. The number of hydrogen-bond acceptors (Lipinski definition) is 3. The zero-order chi connectivity index (χ0) is 9.26. The molecule has 2 atom stereocenters. The van der Waals surface area contributed by atoms with Gasteiger partial charge in [-0.3, -0.25) is 0 Å². The molecule has 0 bridgehead atoms. The largest absolute Gasteiger partial charge is 0.366 e. The van der Waals surface area contributed by atoms with Crippen molar-refractivity contribution in [2.45, 2.75) is 39.3 Å². The maximum atomic E-state index is 3.97. The molecule has 4 nitrogen and oxygen atoms in total. The van der Waals surface area contributed by atoms with Crippen molar-refractivity contribution < 1.29 is 0 Å². The molecule has 1 aliphatic rings. The van der Waals surface area contributed by atoms with Gasteiger partial charge in [0.25, 0.3) is 0 Å². The van der Waals surface area contributed by atoms with Crippen molar-refractivity contribution in [3.63, 3.8) is 0 Å². The van der Waals surface area contributed by atoms with Crippen LogP contribution in [0.2, 0.25) is 0 Å². The van der Waals surface area contributed by atoms with E-state index in [-0.39, 0.29) is 0 Å². The summed E-state index contributed by atoms with van der Waals surface area (Å²) in [6.45, 7) is 5.19. The fraction of sp³-hybridized carbons (Fsp3) is 0.778. The summed E-state index contributed by atoms with van der Waals surface area (Å²) in [5.74, 6) is 1.92. The molecule has 72 valence electrons. The summed E-state index contributed by atoms with van der Waals surface area (Å²) >= 11 is 0. The predicted molar refractivity (Wildman–Crippen MR) is 51.5 cm³/mol. The molecule has 0 aliphatic heterocycles. The molecule has 1 heterocycles. The van der Waals surface area contributed by atoms with Crippen molar-refractivity contribution in [3.05, 3.63) is 6.20 Å². The second kappa shape index (κ2) is 3.36. The summed E-state index contributed by atoms with van der Waals surface area (Å²) in [5, 5.41) is 11.3. The van der Waals surface area contributed by atoms with Crippen molar-refractivity contribution in [1.29, 1.82) is 0 Å². The Morgan fingerprint density at radius 3 is 3.08 bits per heavy atom. The van der Waals surface area contributed by atoms with Crippen LogP contribution in [0.4, 0.5) is 5.82 Å². The molecule has 1 N–H and O–H groups in total. The van der Waals surface area contributed by atoms with Crippen molar-refractivity contribution >= 4 is 5.82 Å². The molecule has 2 unspecified atom stereocenters. The molecule has 0 spiro atoms. The van der Waals surface area contributed by atoms with Crippen LogP contribution in [0.5, 0.6) is 0 Å². The molecule has 1 saturated carbocycles. The summed E-state index contributed by atoms with van der Waals surface area (Å²) in [4.78, 5) is 0. The van der Waals surface area contributed by atoms with Crippen LogP contribution < -0.4 is 5.32 Å². The van der Waals surface area contributed by atoms with Crippen LogP contribution in [0, 0.1) is 5.92 Å². The van der Waals surface area contributed by atoms with E-state index in [1.165, 1.54) is 12.8 Å². The van der Waals surface area contributed by atoms with Gasteiger partial charge in [0.15, 0.2) is 0 Å². The number of anilines is 1. The maximum Gasteiger partial charge on any atom is 0.145 e. The van der Waals surface area contributed by atoms with E-state index >= 15 is 0 Å². The third-order valence-corrected chi connectivity index (χ3v) is 2.70. The first kappa shape index (κ1) is 8.53. The van der Waals surface area contributed by atoms with Crippen LogP contribution in [0.1, 0.15) is 26.7 Å². The fourth-order valence-corrected chi connectivity index (χ4v) is 1.67. The van der Waals surface area contributed by atoms with E-state index in [1.807, 2.05) is 4.68 Å².